The van der Waals surface area contributed by atoms with E-state index in [-0.39, 0.29) is 12.1 Å². The van der Waals surface area contributed by atoms with E-state index in [1.807, 2.05) is 158 Å². The summed E-state index contributed by atoms with van der Waals surface area (Å²) in [4.78, 5) is 0. The molecule has 1 atom stereocenters. The number of methoxy groups -OCH3 is 2. The van der Waals surface area contributed by atoms with Gasteiger partial charge in [0.1, 0.15) is 17.1 Å². The van der Waals surface area contributed by atoms with E-state index in [2.05, 4.69) is 92.2 Å². The molecule has 0 saturated heterocycles. The Hall–Kier alpha value is -7.50. The predicted molar refractivity (Wildman–Crippen MR) is 302 cm³/mol. The van der Waals surface area contributed by atoms with Crippen LogP contribution < -0.4 is 9.47 Å². The minimum Gasteiger partial charge on any atom is -0.497 e. The van der Waals surface area contributed by atoms with Crippen LogP contribution in [0.2, 0.25) is 0 Å². The van der Waals surface area contributed by atoms with Crippen molar-refractivity contribution in [3.8, 4) is 53.1 Å². The largest absolute Gasteiger partial charge is 0.497 e. The van der Waals surface area contributed by atoms with E-state index < -0.39 is 14.1 Å². The van der Waals surface area contributed by atoms with Crippen LogP contribution in [0.4, 0.5) is 0 Å². The normalized spacial score (nSPS) is 11.4. The third-order valence-corrected chi connectivity index (χ3v) is 14.1. The Labute approximate surface area is 451 Å². The van der Waals surface area contributed by atoms with Crippen LogP contribution >= 0.6 is 8.53 Å². The van der Waals surface area contributed by atoms with Gasteiger partial charge in [-0.15, -0.1) is 0 Å². The summed E-state index contributed by atoms with van der Waals surface area (Å²) in [6.45, 7) is 11.1. The zero-order chi connectivity index (χ0) is 53.4. The Morgan fingerprint density at radius 1 is 0.447 bits per heavy atom. The summed E-state index contributed by atoms with van der Waals surface area (Å²) >= 11 is 0. The molecule has 0 N–H and O–H groups in total. The molecule has 0 radical (unpaired) electrons. The van der Waals surface area contributed by atoms with Crippen molar-refractivity contribution in [1.82, 2.24) is 4.67 Å². The molecule has 0 spiro atoms. The summed E-state index contributed by atoms with van der Waals surface area (Å²) in [6, 6.07) is 61.0. The summed E-state index contributed by atoms with van der Waals surface area (Å²) < 4.78 is 44.5. The lowest BCUT2D eigenvalue weighted by molar-refractivity contribution is -0.0270. The highest BCUT2D eigenvalue weighted by Gasteiger charge is 2.38. The molecule has 76 heavy (non-hydrogen) atoms. The third kappa shape index (κ3) is 16.5. The molecule has 0 fully saturated rings. The van der Waals surface area contributed by atoms with Crippen molar-refractivity contribution in [3.63, 3.8) is 0 Å². The van der Waals surface area contributed by atoms with Crippen LogP contribution in [0.3, 0.4) is 0 Å². The highest BCUT2D eigenvalue weighted by atomic mass is 31.2. The lowest BCUT2D eigenvalue weighted by atomic mass is 9.80. The number of nitrogens with zero attached hydrogens (tertiary/aromatic N) is 2. The van der Waals surface area contributed by atoms with Gasteiger partial charge in [-0.2, -0.15) is 5.26 Å². The van der Waals surface area contributed by atoms with Gasteiger partial charge in [-0.3, -0.25) is 0 Å². The highest BCUT2D eigenvalue weighted by Crippen LogP contribution is 2.46. The molecular formula is C66H65N2O7P. The fourth-order valence-electron chi connectivity index (χ4n) is 8.46. The van der Waals surface area contributed by atoms with Crippen LogP contribution in [0.25, 0.3) is 0 Å². The van der Waals surface area contributed by atoms with Crippen molar-refractivity contribution in [2.45, 2.75) is 65.0 Å². The van der Waals surface area contributed by atoms with E-state index in [9.17, 15) is 0 Å². The van der Waals surface area contributed by atoms with Crippen molar-refractivity contribution in [3.05, 3.63) is 237 Å². The molecule has 0 aromatic heterocycles. The Kier molecular flexibility index (Phi) is 21.9. The lowest BCUT2D eigenvalue weighted by Gasteiger charge is -2.36. The minimum absolute atomic E-state index is 0.239. The summed E-state index contributed by atoms with van der Waals surface area (Å²) in [7, 11) is 2.03. The molecule has 0 aliphatic heterocycles. The Morgan fingerprint density at radius 3 is 1.26 bits per heavy atom. The first-order valence-corrected chi connectivity index (χ1v) is 26.6. The second kappa shape index (κ2) is 29.6. The molecule has 10 heteroatoms. The third-order valence-electron chi connectivity index (χ3n) is 12.0. The SMILES string of the molecule is COc1ccc(C(OCCOCc2cccc(C#Cc3cccc(C#Cc4cccc(C#Cc5cccc(COCCOP(OCCC#N)N(C(C)C)C(C)C)c5)c4)c3)c2)(c2ccccc2)c2ccc(OC)cc2)cc1. The van der Waals surface area contributed by atoms with Gasteiger partial charge in [0.15, 0.2) is 0 Å². The van der Waals surface area contributed by atoms with Crippen LogP contribution in [0, 0.1) is 46.9 Å². The molecule has 1 unspecified atom stereocenters. The van der Waals surface area contributed by atoms with Crippen LogP contribution in [0.15, 0.2) is 176 Å². The number of hydrogen-bond acceptors (Lipinski definition) is 9. The van der Waals surface area contributed by atoms with Gasteiger partial charge in [0.25, 0.3) is 8.53 Å². The first kappa shape index (κ1) is 56.2. The molecule has 0 aliphatic rings. The van der Waals surface area contributed by atoms with Crippen molar-refractivity contribution in [1.29, 1.82) is 5.26 Å². The first-order valence-electron chi connectivity index (χ1n) is 25.5. The quantitative estimate of drug-likeness (QED) is 0.0269. The van der Waals surface area contributed by atoms with Gasteiger partial charge < -0.3 is 32.7 Å². The standard InChI is InChI=1S/C66H65N2O7P/c1-51(2)68(52(3)4)76(74-40-14-39-67)75-44-42-72-50-60-22-13-20-58(48-60)30-28-56-18-11-16-54(46-56)26-25-53-15-10-17-55(45-53)27-29-57-19-12-21-59(47-57)49-71-41-43-73-66(61-23-8-7-9-24-61,62-31-35-64(69-5)36-32-62)63-33-37-65(70-6)38-34-63/h7-13,15-24,31-38,45-48,51-52H,14,40-44,49-50H2,1-6H3. The number of benzene rings is 7. The van der Waals surface area contributed by atoms with E-state index in [1.54, 1.807) is 14.2 Å². The number of hydrogen-bond donors (Lipinski definition) is 0. The maximum absolute atomic E-state index is 8.98. The smallest absolute Gasteiger partial charge is 0.259 e. The maximum atomic E-state index is 8.98. The summed E-state index contributed by atoms with van der Waals surface area (Å²) in [5.41, 5.74) is 9.31. The van der Waals surface area contributed by atoms with Crippen LogP contribution in [-0.2, 0) is 42.1 Å². The molecule has 0 aliphatic carbocycles. The monoisotopic (exact) mass is 1030 g/mol. The molecule has 0 saturated carbocycles. The Bertz CT molecular complexity index is 3120. The second-order valence-corrected chi connectivity index (χ2v) is 19.6. The van der Waals surface area contributed by atoms with Crippen LogP contribution in [-0.4, -0.2) is 64.0 Å². The average molecular weight is 1030 g/mol. The van der Waals surface area contributed by atoms with Gasteiger partial charge in [0, 0.05) is 45.5 Å². The van der Waals surface area contributed by atoms with Gasteiger partial charge in [0.2, 0.25) is 0 Å². The zero-order valence-electron chi connectivity index (χ0n) is 44.3. The molecule has 7 aromatic rings. The molecule has 7 aromatic carbocycles. The van der Waals surface area contributed by atoms with E-state index in [4.69, 9.17) is 38.0 Å². The van der Waals surface area contributed by atoms with Gasteiger partial charge >= 0.3 is 0 Å². The molecule has 7 rings (SSSR count). The van der Waals surface area contributed by atoms with Crippen molar-refractivity contribution in [2.75, 3.05) is 47.3 Å². The number of nitriles is 1. The topological polar surface area (TPSA) is 91.6 Å². The van der Waals surface area contributed by atoms with Gasteiger partial charge in [-0.05, 0) is 140 Å². The van der Waals surface area contributed by atoms with Gasteiger partial charge in [-0.1, -0.05) is 127 Å². The van der Waals surface area contributed by atoms with Crippen LogP contribution in [0.1, 0.15) is 95.3 Å². The molecule has 0 amide bonds. The second-order valence-electron chi connectivity index (χ2n) is 18.2. The minimum atomic E-state index is -1.30. The molecular weight excluding hydrogens is 964 g/mol. The predicted octanol–water partition coefficient (Wildman–Crippen LogP) is 13.2. The fraction of sp³-hybridized carbons (Fsp3) is 0.258. The van der Waals surface area contributed by atoms with Gasteiger partial charge in [-0.25, -0.2) is 4.67 Å². The van der Waals surface area contributed by atoms with E-state index in [0.29, 0.717) is 52.7 Å². The Morgan fingerprint density at radius 2 is 0.842 bits per heavy atom. The van der Waals surface area contributed by atoms with E-state index >= 15 is 0 Å². The first-order chi connectivity index (χ1) is 37.2. The molecule has 0 bridgehead atoms. The number of ether oxygens (including phenoxy) is 5. The molecule has 386 valence electrons. The number of rotatable bonds is 23. The Balaban J connectivity index is 0.921. The molecule has 9 nitrogen and oxygen atoms in total. The fourth-order valence-corrected chi connectivity index (χ4v) is 10.0. The maximum Gasteiger partial charge on any atom is 0.259 e. The highest BCUT2D eigenvalue weighted by molar-refractivity contribution is 7.44. The van der Waals surface area contributed by atoms with E-state index in [0.717, 1.165) is 72.7 Å². The summed E-state index contributed by atoms with van der Waals surface area (Å²) in [5, 5.41) is 8.98. The zero-order valence-corrected chi connectivity index (χ0v) is 45.1. The van der Waals surface area contributed by atoms with Gasteiger partial charge in [0.05, 0.1) is 73.0 Å². The lowest BCUT2D eigenvalue weighted by Crippen LogP contribution is -2.34. The van der Waals surface area contributed by atoms with Crippen molar-refractivity contribution in [2.24, 2.45) is 0 Å². The summed E-state index contributed by atoms with van der Waals surface area (Å²) in [5.74, 6) is 21.4. The van der Waals surface area contributed by atoms with Crippen molar-refractivity contribution >= 4 is 8.53 Å². The van der Waals surface area contributed by atoms with E-state index in [1.165, 1.54) is 0 Å². The average Bonchev–Trinajstić information content (AvgIpc) is 3.50. The van der Waals surface area contributed by atoms with Crippen LogP contribution in [0.5, 0.6) is 11.5 Å². The summed E-state index contributed by atoms with van der Waals surface area (Å²) in [6.07, 6.45) is 0.323. The van der Waals surface area contributed by atoms with Crippen molar-refractivity contribution < 1.29 is 32.7 Å². The molecule has 0 heterocycles.